The number of hydrogen-bond donors (Lipinski definition) is 7. The number of hydrogen-bond acceptors (Lipinski definition) is 8. The maximum Gasteiger partial charge on any atom is 0.326 e. The first-order valence-electron chi connectivity index (χ1n) is 11.9. The Kier molecular flexibility index (Phi) is 14.9. The van der Waals surface area contributed by atoms with Crippen molar-refractivity contribution in [1.29, 1.82) is 0 Å². The monoisotopic (exact) mass is 539 g/mol. The quantitative estimate of drug-likeness (QED) is 0.118. The molecule has 1 rings (SSSR count). The smallest absolute Gasteiger partial charge is 0.326 e. The summed E-state index contributed by atoms with van der Waals surface area (Å²) in [5, 5.41) is 25.6. The SMILES string of the molecule is CSCCC(NC(=O)C(N)Cc1ccccc1)C(=O)NC(CCCCN)C(=O)NC(CC(=O)O)C(=O)O. The molecule has 0 heterocycles. The van der Waals surface area contributed by atoms with Crippen LogP contribution in [0.2, 0.25) is 0 Å². The Morgan fingerprint density at radius 3 is 1.97 bits per heavy atom. The van der Waals surface area contributed by atoms with Crippen LogP contribution in [-0.2, 0) is 30.4 Å². The van der Waals surface area contributed by atoms with E-state index in [2.05, 4.69) is 16.0 Å². The summed E-state index contributed by atoms with van der Waals surface area (Å²) in [5.74, 6) is -4.37. The first-order chi connectivity index (χ1) is 17.6. The Bertz CT molecular complexity index is 903. The van der Waals surface area contributed by atoms with Gasteiger partial charge in [0.2, 0.25) is 17.7 Å². The molecule has 0 saturated carbocycles. The van der Waals surface area contributed by atoms with Crippen molar-refractivity contribution in [3.63, 3.8) is 0 Å². The van der Waals surface area contributed by atoms with Gasteiger partial charge >= 0.3 is 11.9 Å². The number of carboxylic acids is 2. The lowest BCUT2D eigenvalue weighted by atomic mass is 10.0. The topological polar surface area (TPSA) is 214 Å². The number of unbranched alkanes of at least 4 members (excludes halogenated alkanes) is 1. The van der Waals surface area contributed by atoms with Crippen molar-refractivity contribution in [2.24, 2.45) is 11.5 Å². The van der Waals surface area contributed by atoms with Gasteiger partial charge in [-0.05, 0) is 56.2 Å². The van der Waals surface area contributed by atoms with Crippen LogP contribution in [-0.4, -0.2) is 82.6 Å². The number of benzene rings is 1. The lowest BCUT2D eigenvalue weighted by molar-refractivity contribution is -0.147. The number of nitrogens with two attached hydrogens (primary N) is 2. The van der Waals surface area contributed by atoms with Crippen LogP contribution in [0.5, 0.6) is 0 Å². The van der Waals surface area contributed by atoms with Crippen molar-refractivity contribution in [1.82, 2.24) is 16.0 Å². The molecule has 1 aromatic carbocycles. The number of carbonyl (C=O) groups is 5. The van der Waals surface area contributed by atoms with Crippen LogP contribution in [0, 0.1) is 0 Å². The molecule has 0 bridgehead atoms. The average molecular weight is 540 g/mol. The van der Waals surface area contributed by atoms with E-state index in [9.17, 15) is 29.1 Å². The normalized spacial score (nSPS) is 14.0. The predicted octanol–water partition coefficient (Wildman–Crippen LogP) is -0.548. The lowest BCUT2D eigenvalue weighted by Crippen LogP contribution is -2.57. The van der Waals surface area contributed by atoms with Crippen molar-refractivity contribution in [3.05, 3.63) is 35.9 Å². The largest absolute Gasteiger partial charge is 0.481 e. The fourth-order valence-corrected chi connectivity index (χ4v) is 3.90. The molecule has 0 aliphatic carbocycles. The van der Waals surface area contributed by atoms with Gasteiger partial charge in [-0.15, -0.1) is 0 Å². The molecule has 9 N–H and O–H groups in total. The molecule has 3 amide bonds. The fraction of sp³-hybridized carbons (Fsp3) is 0.542. The summed E-state index contributed by atoms with van der Waals surface area (Å²) in [6.07, 6.45) is 2.71. The highest BCUT2D eigenvalue weighted by Crippen LogP contribution is 2.08. The number of rotatable bonds is 18. The van der Waals surface area contributed by atoms with Gasteiger partial charge in [-0.3, -0.25) is 19.2 Å². The maximum absolute atomic E-state index is 13.1. The summed E-state index contributed by atoms with van der Waals surface area (Å²) in [6, 6.07) is 4.48. The third kappa shape index (κ3) is 12.6. The van der Waals surface area contributed by atoms with E-state index in [4.69, 9.17) is 16.6 Å². The summed E-state index contributed by atoms with van der Waals surface area (Å²) in [5.41, 5.74) is 12.4. The fourth-order valence-electron chi connectivity index (χ4n) is 3.42. The molecule has 12 nitrogen and oxygen atoms in total. The van der Waals surface area contributed by atoms with E-state index in [-0.39, 0.29) is 19.3 Å². The third-order valence-electron chi connectivity index (χ3n) is 5.45. The molecule has 206 valence electrons. The second-order valence-electron chi connectivity index (χ2n) is 8.48. The number of aliphatic carboxylic acids is 2. The van der Waals surface area contributed by atoms with Crippen LogP contribution in [0.4, 0.5) is 0 Å². The number of amides is 3. The van der Waals surface area contributed by atoms with Gasteiger partial charge in [0.15, 0.2) is 0 Å². The van der Waals surface area contributed by atoms with Crippen molar-refractivity contribution in [3.8, 4) is 0 Å². The van der Waals surface area contributed by atoms with E-state index >= 15 is 0 Å². The second-order valence-corrected chi connectivity index (χ2v) is 9.47. The Morgan fingerprint density at radius 1 is 0.865 bits per heavy atom. The Hall–Kier alpha value is -3.16. The lowest BCUT2D eigenvalue weighted by Gasteiger charge is -2.25. The van der Waals surface area contributed by atoms with Gasteiger partial charge in [0, 0.05) is 0 Å². The first kappa shape index (κ1) is 31.9. The molecule has 0 aliphatic rings. The van der Waals surface area contributed by atoms with Crippen molar-refractivity contribution in [2.45, 2.75) is 62.7 Å². The van der Waals surface area contributed by atoms with Crippen LogP contribution in [0.1, 0.15) is 37.7 Å². The van der Waals surface area contributed by atoms with Crippen LogP contribution < -0.4 is 27.4 Å². The molecule has 0 aliphatic heterocycles. The molecular weight excluding hydrogens is 502 g/mol. The number of thioether (sulfide) groups is 1. The van der Waals surface area contributed by atoms with Crippen LogP contribution >= 0.6 is 11.8 Å². The van der Waals surface area contributed by atoms with Crippen LogP contribution in [0.3, 0.4) is 0 Å². The van der Waals surface area contributed by atoms with E-state index in [1.165, 1.54) is 11.8 Å². The van der Waals surface area contributed by atoms with E-state index in [1.807, 2.05) is 36.6 Å². The Labute approximate surface area is 220 Å². The van der Waals surface area contributed by atoms with Crippen LogP contribution in [0.25, 0.3) is 0 Å². The van der Waals surface area contributed by atoms with Gasteiger partial charge in [-0.25, -0.2) is 4.79 Å². The van der Waals surface area contributed by atoms with Gasteiger partial charge in [0.1, 0.15) is 18.1 Å². The number of carbonyl (C=O) groups excluding carboxylic acids is 3. The van der Waals surface area contributed by atoms with Gasteiger partial charge in [-0.1, -0.05) is 30.3 Å². The molecule has 13 heteroatoms. The summed E-state index contributed by atoms with van der Waals surface area (Å²) >= 11 is 1.47. The van der Waals surface area contributed by atoms with E-state index in [1.54, 1.807) is 0 Å². The summed E-state index contributed by atoms with van der Waals surface area (Å²) in [4.78, 5) is 61.0. The molecule has 37 heavy (non-hydrogen) atoms. The zero-order valence-electron chi connectivity index (χ0n) is 20.9. The van der Waals surface area contributed by atoms with E-state index < -0.39 is 60.2 Å². The molecule has 4 atom stereocenters. The minimum absolute atomic E-state index is 0.144. The molecule has 0 spiro atoms. The Balaban J connectivity index is 2.95. The second kappa shape index (κ2) is 17.3. The minimum Gasteiger partial charge on any atom is -0.481 e. The number of carboxylic acid groups (broad SMARTS) is 2. The zero-order chi connectivity index (χ0) is 27.8. The third-order valence-corrected chi connectivity index (χ3v) is 6.10. The standard InChI is InChI=1S/C24H37N5O7S/c1-37-12-10-18(27-21(32)16(26)13-15-7-3-2-4-8-15)23(34)28-17(9-5-6-11-25)22(33)29-19(24(35)36)14-20(30)31/h2-4,7-8,16-19H,5-6,9-14,25-26H2,1H3,(H,27,32)(H,28,34)(H,29,33)(H,30,31)(H,35,36). The van der Waals surface area contributed by atoms with Gasteiger partial charge in [0.25, 0.3) is 0 Å². The molecule has 0 saturated heterocycles. The minimum atomic E-state index is -1.66. The summed E-state index contributed by atoms with van der Waals surface area (Å²) in [6.45, 7) is 0.352. The molecule has 0 fully saturated rings. The van der Waals surface area contributed by atoms with E-state index in [0.29, 0.717) is 25.1 Å². The summed E-state index contributed by atoms with van der Waals surface area (Å²) < 4.78 is 0. The molecule has 4 unspecified atom stereocenters. The Morgan fingerprint density at radius 2 is 1.43 bits per heavy atom. The van der Waals surface area contributed by atoms with Crippen LogP contribution in [0.15, 0.2) is 30.3 Å². The highest BCUT2D eigenvalue weighted by Gasteiger charge is 2.30. The average Bonchev–Trinajstić information content (AvgIpc) is 2.85. The van der Waals surface area contributed by atoms with Crippen molar-refractivity contribution in [2.75, 3.05) is 18.6 Å². The van der Waals surface area contributed by atoms with Gasteiger partial charge in [0.05, 0.1) is 12.5 Å². The predicted molar refractivity (Wildman–Crippen MR) is 140 cm³/mol. The van der Waals surface area contributed by atoms with Crippen molar-refractivity contribution < 1.29 is 34.2 Å². The van der Waals surface area contributed by atoms with Crippen molar-refractivity contribution >= 4 is 41.4 Å². The molecule has 1 aromatic rings. The number of nitrogens with one attached hydrogen (secondary N) is 3. The maximum atomic E-state index is 13.1. The molecule has 0 radical (unpaired) electrons. The molecular formula is C24H37N5O7S. The highest BCUT2D eigenvalue weighted by atomic mass is 32.2. The zero-order valence-corrected chi connectivity index (χ0v) is 21.7. The van der Waals surface area contributed by atoms with E-state index in [0.717, 1.165) is 5.56 Å². The van der Waals surface area contributed by atoms with Gasteiger partial charge in [-0.2, -0.15) is 11.8 Å². The molecule has 0 aromatic heterocycles. The highest BCUT2D eigenvalue weighted by molar-refractivity contribution is 7.98. The van der Waals surface area contributed by atoms with Gasteiger partial charge < -0.3 is 37.6 Å². The first-order valence-corrected chi connectivity index (χ1v) is 13.3. The summed E-state index contributed by atoms with van der Waals surface area (Å²) in [7, 11) is 0.